The van der Waals surface area contributed by atoms with E-state index in [1.807, 2.05) is 48.0 Å². The quantitative estimate of drug-likeness (QED) is 0.468. The number of furan rings is 1. The van der Waals surface area contributed by atoms with Crippen LogP contribution >= 0.6 is 11.8 Å². The SMILES string of the molecule is CCCCN(C)C(=O)CSc1nnc(-c2cccc(OC)c2)n1Cc1ccco1. The number of rotatable bonds is 10. The molecule has 0 unspecified atom stereocenters. The predicted octanol–water partition coefficient (Wildman–Crippen LogP) is 3.95. The summed E-state index contributed by atoms with van der Waals surface area (Å²) >= 11 is 1.39. The highest BCUT2D eigenvalue weighted by molar-refractivity contribution is 7.99. The van der Waals surface area contributed by atoms with Gasteiger partial charge in [-0.1, -0.05) is 37.2 Å². The number of hydrogen-bond donors (Lipinski definition) is 0. The summed E-state index contributed by atoms with van der Waals surface area (Å²) in [6.45, 7) is 3.36. The van der Waals surface area contributed by atoms with Gasteiger partial charge >= 0.3 is 0 Å². The average molecular weight is 415 g/mol. The van der Waals surface area contributed by atoms with Gasteiger partial charge in [-0.2, -0.15) is 0 Å². The van der Waals surface area contributed by atoms with Crippen molar-refractivity contribution in [1.82, 2.24) is 19.7 Å². The molecule has 1 amide bonds. The maximum absolute atomic E-state index is 12.4. The van der Waals surface area contributed by atoms with Crippen molar-refractivity contribution in [2.75, 3.05) is 26.5 Å². The van der Waals surface area contributed by atoms with Crippen molar-refractivity contribution in [3.05, 3.63) is 48.4 Å². The van der Waals surface area contributed by atoms with E-state index in [4.69, 9.17) is 9.15 Å². The fourth-order valence-electron chi connectivity index (χ4n) is 2.83. The Hall–Kier alpha value is -2.74. The summed E-state index contributed by atoms with van der Waals surface area (Å²) < 4.78 is 12.8. The average Bonchev–Trinajstić information content (AvgIpc) is 3.40. The van der Waals surface area contributed by atoms with Gasteiger partial charge in [0.25, 0.3) is 0 Å². The molecule has 8 heteroatoms. The molecule has 0 saturated heterocycles. The van der Waals surface area contributed by atoms with Crippen LogP contribution in [0.15, 0.2) is 52.2 Å². The Kier molecular flexibility index (Phi) is 7.35. The fourth-order valence-corrected chi connectivity index (χ4v) is 3.71. The standard InChI is InChI=1S/C21H26N4O3S/c1-4-5-11-24(2)19(26)15-29-21-23-22-20(16-8-6-9-17(13-16)27-3)25(21)14-18-10-7-12-28-18/h6-10,12-13H,4-5,11,14-15H2,1-3H3. The summed E-state index contributed by atoms with van der Waals surface area (Å²) in [6, 6.07) is 11.4. The minimum Gasteiger partial charge on any atom is -0.497 e. The van der Waals surface area contributed by atoms with Crippen LogP contribution in [0.25, 0.3) is 11.4 Å². The second-order valence-electron chi connectivity index (χ2n) is 6.66. The third-order valence-corrected chi connectivity index (χ3v) is 5.49. The van der Waals surface area contributed by atoms with Gasteiger partial charge in [-0.15, -0.1) is 10.2 Å². The zero-order valence-corrected chi connectivity index (χ0v) is 17.8. The summed E-state index contributed by atoms with van der Waals surface area (Å²) in [7, 11) is 3.47. The number of ether oxygens (including phenoxy) is 1. The number of unbranched alkanes of at least 4 members (excludes halogenated alkanes) is 1. The van der Waals surface area contributed by atoms with E-state index in [1.165, 1.54) is 11.8 Å². The van der Waals surface area contributed by atoms with Gasteiger partial charge in [0.15, 0.2) is 11.0 Å². The van der Waals surface area contributed by atoms with Crippen LogP contribution in [0.4, 0.5) is 0 Å². The third-order valence-electron chi connectivity index (χ3n) is 4.54. The molecule has 0 bridgehead atoms. The Bertz CT molecular complexity index is 924. The van der Waals surface area contributed by atoms with Gasteiger partial charge in [0.1, 0.15) is 11.5 Å². The number of amides is 1. The third kappa shape index (κ3) is 5.41. The highest BCUT2D eigenvalue weighted by atomic mass is 32.2. The minimum absolute atomic E-state index is 0.0823. The molecule has 7 nitrogen and oxygen atoms in total. The van der Waals surface area contributed by atoms with Crippen molar-refractivity contribution >= 4 is 17.7 Å². The molecule has 2 heterocycles. The minimum atomic E-state index is 0.0823. The van der Waals surface area contributed by atoms with E-state index < -0.39 is 0 Å². The molecule has 0 saturated carbocycles. The summed E-state index contributed by atoms with van der Waals surface area (Å²) in [5.74, 6) is 2.64. The number of carbonyl (C=O) groups excluding carboxylic acids is 1. The zero-order valence-electron chi connectivity index (χ0n) is 17.0. The number of benzene rings is 1. The van der Waals surface area contributed by atoms with E-state index in [0.29, 0.717) is 23.3 Å². The van der Waals surface area contributed by atoms with Gasteiger partial charge in [-0.05, 0) is 30.7 Å². The lowest BCUT2D eigenvalue weighted by atomic mass is 10.2. The summed E-state index contributed by atoms with van der Waals surface area (Å²) in [5, 5.41) is 9.41. The van der Waals surface area contributed by atoms with Gasteiger partial charge < -0.3 is 14.1 Å². The molecule has 29 heavy (non-hydrogen) atoms. The van der Waals surface area contributed by atoms with Gasteiger partial charge in [0.05, 0.1) is 25.7 Å². The Balaban J connectivity index is 1.83. The summed E-state index contributed by atoms with van der Waals surface area (Å²) in [6.07, 6.45) is 3.71. The summed E-state index contributed by atoms with van der Waals surface area (Å²) in [5.41, 5.74) is 0.890. The van der Waals surface area contributed by atoms with E-state index in [1.54, 1.807) is 18.3 Å². The fraction of sp³-hybridized carbons (Fsp3) is 0.381. The van der Waals surface area contributed by atoms with Crippen molar-refractivity contribution in [1.29, 1.82) is 0 Å². The van der Waals surface area contributed by atoms with Crippen molar-refractivity contribution in [3.8, 4) is 17.1 Å². The molecule has 2 aromatic heterocycles. The number of methoxy groups -OCH3 is 1. The highest BCUT2D eigenvalue weighted by Gasteiger charge is 2.18. The first-order chi connectivity index (χ1) is 14.1. The molecule has 0 aliphatic carbocycles. The first kappa shape index (κ1) is 21.0. The molecular formula is C21H26N4O3S. The van der Waals surface area contributed by atoms with Crippen LogP contribution in [0.1, 0.15) is 25.5 Å². The van der Waals surface area contributed by atoms with E-state index in [2.05, 4.69) is 17.1 Å². The van der Waals surface area contributed by atoms with Crippen LogP contribution < -0.4 is 4.74 Å². The number of carbonyl (C=O) groups is 1. The smallest absolute Gasteiger partial charge is 0.232 e. The molecule has 0 radical (unpaired) electrons. The topological polar surface area (TPSA) is 73.4 Å². The molecule has 3 aromatic rings. The molecule has 154 valence electrons. The Morgan fingerprint density at radius 2 is 2.14 bits per heavy atom. The molecule has 0 aliphatic rings. The molecule has 0 aliphatic heterocycles. The number of hydrogen-bond acceptors (Lipinski definition) is 6. The molecule has 0 spiro atoms. The van der Waals surface area contributed by atoms with Crippen molar-refractivity contribution < 1.29 is 13.9 Å². The Labute approximate surface area is 175 Å². The molecule has 1 aromatic carbocycles. The monoisotopic (exact) mass is 414 g/mol. The van der Waals surface area contributed by atoms with E-state index in [0.717, 1.165) is 36.5 Å². The maximum atomic E-state index is 12.4. The lowest BCUT2D eigenvalue weighted by Crippen LogP contribution is -2.29. The van der Waals surface area contributed by atoms with Crippen molar-refractivity contribution in [3.63, 3.8) is 0 Å². The first-order valence-corrected chi connectivity index (χ1v) is 10.6. The van der Waals surface area contributed by atoms with Crippen LogP contribution in [0.2, 0.25) is 0 Å². The normalized spacial score (nSPS) is 10.9. The maximum Gasteiger partial charge on any atom is 0.232 e. The van der Waals surface area contributed by atoms with Gasteiger partial charge in [0, 0.05) is 19.2 Å². The van der Waals surface area contributed by atoms with Crippen molar-refractivity contribution in [2.45, 2.75) is 31.5 Å². The van der Waals surface area contributed by atoms with Gasteiger partial charge in [0.2, 0.25) is 5.91 Å². The zero-order chi connectivity index (χ0) is 20.6. The van der Waals surface area contributed by atoms with Crippen LogP contribution in [0.5, 0.6) is 5.75 Å². The Morgan fingerprint density at radius 3 is 2.86 bits per heavy atom. The van der Waals surface area contributed by atoms with Crippen LogP contribution in [0, 0.1) is 0 Å². The van der Waals surface area contributed by atoms with E-state index in [-0.39, 0.29) is 5.91 Å². The van der Waals surface area contributed by atoms with E-state index >= 15 is 0 Å². The molecule has 0 fully saturated rings. The lowest BCUT2D eigenvalue weighted by Gasteiger charge is -2.16. The van der Waals surface area contributed by atoms with Crippen LogP contribution in [-0.4, -0.2) is 52.0 Å². The van der Waals surface area contributed by atoms with E-state index in [9.17, 15) is 4.79 Å². The van der Waals surface area contributed by atoms with Gasteiger partial charge in [-0.25, -0.2) is 0 Å². The molecule has 3 rings (SSSR count). The number of nitrogens with zero attached hydrogens (tertiary/aromatic N) is 4. The van der Waals surface area contributed by atoms with Crippen LogP contribution in [-0.2, 0) is 11.3 Å². The van der Waals surface area contributed by atoms with Gasteiger partial charge in [-0.3, -0.25) is 9.36 Å². The van der Waals surface area contributed by atoms with Crippen LogP contribution in [0.3, 0.4) is 0 Å². The predicted molar refractivity (Wildman–Crippen MR) is 113 cm³/mol. The Morgan fingerprint density at radius 1 is 1.28 bits per heavy atom. The second-order valence-corrected chi connectivity index (χ2v) is 7.60. The molecule has 0 atom stereocenters. The lowest BCUT2D eigenvalue weighted by molar-refractivity contribution is -0.127. The van der Waals surface area contributed by atoms with Crippen molar-refractivity contribution in [2.24, 2.45) is 0 Å². The number of thioether (sulfide) groups is 1. The first-order valence-electron chi connectivity index (χ1n) is 9.59. The summed E-state index contributed by atoms with van der Waals surface area (Å²) in [4.78, 5) is 14.2. The second kappa shape index (κ2) is 10.2. The highest BCUT2D eigenvalue weighted by Crippen LogP contribution is 2.27. The largest absolute Gasteiger partial charge is 0.497 e. The molecule has 0 N–H and O–H groups in total. The molecular weight excluding hydrogens is 388 g/mol. The number of aromatic nitrogens is 3.